The van der Waals surface area contributed by atoms with E-state index in [2.05, 4.69) is 79.4 Å². The zero-order valence-electron chi connectivity index (χ0n) is 46.9. The average Bonchev–Trinajstić information content (AvgIpc) is 3.24. The molecule has 10 rings (SSSR count). The molecule has 2 aliphatic carbocycles. The molecule has 0 saturated carbocycles. The second-order valence-corrected chi connectivity index (χ2v) is 31.1. The van der Waals surface area contributed by atoms with Crippen molar-refractivity contribution in [2.75, 3.05) is 37.8 Å². The number of methoxy groups -OCH3 is 1. The van der Waals surface area contributed by atoms with Crippen LogP contribution in [-0.2, 0) is 19.1 Å². The Morgan fingerprint density at radius 3 is 1.41 bits per heavy atom. The second-order valence-electron chi connectivity index (χ2n) is 22.4. The quantitative estimate of drug-likeness (QED) is 0.0727. The maximum atomic E-state index is 12.8. The molecule has 13 heteroatoms. The molecule has 0 radical (unpaired) electrons. The molecule has 0 aromatic heterocycles. The minimum atomic E-state index is -2.27. The van der Waals surface area contributed by atoms with Crippen LogP contribution >= 0.6 is 0 Å². The zero-order valence-corrected chi connectivity index (χ0v) is 48.9. The smallest absolute Gasteiger partial charge is 0.338 e. The van der Waals surface area contributed by atoms with Crippen LogP contribution < -0.4 is 24.9 Å². The number of rotatable bonds is 11. The number of allylic oxidation sites excluding steroid dienone is 10. The van der Waals surface area contributed by atoms with Crippen molar-refractivity contribution in [1.82, 2.24) is 0 Å². The van der Waals surface area contributed by atoms with Gasteiger partial charge in [0.25, 0.3) is 0 Å². The predicted molar refractivity (Wildman–Crippen MR) is 321 cm³/mol. The summed E-state index contributed by atoms with van der Waals surface area (Å²) in [4.78, 5) is 53.8. The molecule has 0 bridgehead atoms. The number of aromatic hydroxyl groups is 1. The normalized spacial score (nSPS) is 15.6. The Morgan fingerprint density at radius 1 is 0.557 bits per heavy atom. The number of anilines is 4. The number of carbonyl (C=O) groups excluding carboxylic acids is 3. The van der Waals surface area contributed by atoms with Gasteiger partial charge in [0.15, 0.2) is 18.4 Å². The Balaban J connectivity index is 0.000000195. The van der Waals surface area contributed by atoms with Crippen molar-refractivity contribution in [2.24, 2.45) is 0 Å². The van der Waals surface area contributed by atoms with Crippen LogP contribution in [0.5, 0.6) is 11.5 Å². The van der Waals surface area contributed by atoms with Gasteiger partial charge in [-0.25, -0.2) is 9.59 Å². The largest absolute Gasteiger partial charge is 0.508 e. The van der Waals surface area contributed by atoms with Gasteiger partial charge in [-0.15, -0.1) is 0 Å². The van der Waals surface area contributed by atoms with Gasteiger partial charge >= 0.3 is 11.9 Å². The van der Waals surface area contributed by atoms with Crippen molar-refractivity contribution in [3.05, 3.63) is 224 Å². The lowest BCUT2D eigenvalue weighted by Gasteiger charge is -2.38. The standard InChI is InChI=1S/C36H39NO5Si.C30H27NO4Si/c1-23-19-24(35(39)42-36(2,3)4)9-16-29(23)34-30-17-12-26(37(5)25-10-14-28(15-11-25)41-22-40-6)20-32(30)43(7,8)33-21-27(38)13-18-31(33)34;1-18-15-19(30(34)35)5-12-24(18)29-25-13-8-21(31(2)20-6-9-22(32)10-7-20)16-27(25)36(3,4)28-17-23(33)11-14-26(28)29/h9-21H,22H2,1-8H3;5-17,32H,1-4H3,(H,34,35). The number of phenolic OH excluding ortho intramolecular Hbond substituents is 1. The van der Waals surface area contributed by atoms with Gasteiger partial charge in [-0.05, 0) is 232 Å². The number of hydrogen-bond acceptors (Lipinski definition) is 10. The SMILES string of the molecule is COCOc1ccc(N(C)c2ccc3c(c2)[Si](C)(C)C2=CC(=O)C=CC2=C3c2ccc(C(=O)OC(C)(C)C)cc2C)cc1.Cc1cc(C(=O)O)ccc1C1=C2C=CC(=O)C=C2[Si](C)(C)c2cc(N(C)c3ccc(O)cc3)ccc21. The first kappa shape index (κ1) is 55.4. The van der Waals surface area contributed by atoms with E-state index in [9.17, 15) is 29.4 Å². The van der Waals surface area contributed by atoms with Crippen LogP contribution in [0.2, 0.25) is 26.2 Å². The second kappa shape index (κ2) is 21.5. The molecule has 0 amide bonds. The molecule has 6 aromatic rings. The van der Waals surface area contributed by atoms with E-state index in [4.69, 9.17) is 14.2 Å². The molecule has 79 heavy (non-hydrogen) atoms. The third kappa shape index (κ3) is 10.9. The highest BCUT2D eigenvalue weighted by Crippen LogP contribution is 2.45. The number of aromatic carboxylic acids is 1. The van der Waals surface area contributed by atoms with E-state index in [1.807, 2.05) is 121 Å². The number of aryl methyl sites for hydroxylation is 2. The van der Waals surface area contributed by atoms with Gasteiger partial charge in [0.05, 0.1) is 11.1 Å². The summed E-state index contributed by atoms with van der Waals surface area (Å²) >= 11 is 0. The number of carboxylic acid groups (broad SMARTS) is 1. The molecule has 11 nitrogen and oxygen atoms in total. The lowest BCUT2D eigenvalue weighted by Crippen LogP contribution is -2.49. The summed E-state index contributed by atoms with van der Waals surface area (Å²) in [7, 11) is 1.13. The molecule has 2 N–H and O–H groups in total. The van der Waals surface area contributed by atoms with Crippen molar-refractivity contribution >= 4 is 83.9 Å². The Kier molecular flexibility index (Phi) is 15.0. The fourth-order valence-electron chi connectivity index (χ4n) is 11.0. The number of phenols is 1. The number of ketones is 2. The van der Waals surface area contributed by atoms with E-state index in [1.165, 1.54) is 10.4 Å². The summed E-state index contributed by atoms with van der Waals surface area (Å²) in [5.74, 6) is -0.316. The Hall–Kier alpha value is -8.37. The summed E-state index contributed by atoms with van der Waals surface area (Å²) in [5, 5.41) is 23.8. The van der Waals surface area contributed by atoms with Gasteiger partial charge in [0.2, 0.25) is 0 Å². The minimum absolute atomic E-state index is 0.00700. The van der Waals surface area contributed by atoms with Crippen LogP contribution in [0, 0.1) is 13.8 Å². The number of carboxylic acids is 1. The first-order valence-electron chi connectivity index (χ1n) is 26.2. The first-order valence-corrected chi connectivity index (χ1v) is 32.2. The van der Waals surface area contributed by atoms with Gasteiger partial charge in [0.1, 0.15) is 33.2 Å². The summed E-state index contributed by atoms with van der Waals surface area (Å²) in [6.45, 7) is 18.9. The lowest BCUT2D eigenvalue weighted by molar-refractivity contribution is -0.111. The van der Waals surface area contributed by atoms with Crippen molar-refractivity contribution in [2.45, 2.75) is 66.4 Å². The fraction of sp³-hybridized carbons (Fsp3) is 0.212. The lowest BCUT2D eigenvalue weighted by atomic mass is 9.87. The molecule has 0 spiro atoms. The van der Waals surface area contributed by atoms with Gasteiger partial charge in [-0.2, -0.15) is 0 Å². The molecule has 2 heterocycles. The number of hydrogen-bond donors (Lipinski definition) is 2. The highest BCUT2D eigenvalue weighted by Gasteiger charge is 2.42. The molecular weight excluding hydrogens is 1020 g/mol. The molecule has 6 aromatic carbocycles. The van der Waals surface area contributed by atoms with Crippen LogP contribution in [0.25, 0.3) is 11.1 Å². The van der Waals surface area contributed by atoms with Crippen LogP contribution in [0.3, 0.4) is 0 Å². The molecule has 2 aliphatic heterocycles. The Morgan fingerprint density at radius 2 is 0.975 bits per heavy atom. The molecule has 0 saturated heterocycles. The summed E-state index contributed by atoms with van der Waals surface area (Å²) in [5.41, 5.74) is 14.6. The Labute approximate surface area is 464 Å². The van der Waals surface area contributed by atoms with Gasteiger partial charge in [-0.1, -0.05) is 62.6 Å². The molecule has 0 atom stereocenters. The third-order valence-electron chi connectivity index (χ3n) is 15.2. The average molecular weight is 1090 g/mol. The number of nitrogens with zero attached hydrogens (tertiary/aromatic N) is 2. The highest BCUT2D eigenvalue weighted by atomic mass is 28.3. The minimum Gasteiger partial charge on any atom is -0.508 e. The van der Waals surface area contributed by atoms with E-state index >= 15 is 0 Å². The topological polar surface area (TPSA) is 143 Å². The first-order chi connectivity index (χ1) is 37.4. The van der Waals surface area contributed by atoms with E-state index in [0.717, 1.165) is 94.6 Å². The van der Waals surface area contributed by atoms with E-state index < -0.39 is 27.7 Å². The van der Waals surface area contributed by atoms with Crippen molar-refractivity contribution in [1.29, 1.82) is 0 Å². The number of benzene rings is 6. The molecule has 402 valence electrons. The third-order valence-corrected chi connectivity index (χ3v) is 22.3. The predicted octanol–water partition coefficient (Wildman–Crippen LogP) is 12.5. The number of fused-ring (bicyclic) bond motifs is 4. The monoisotopic (exact) mass is 1090 g/mol. The number of carbonyl (C=O) groups is 4. The Bertz CT molecular complexity index is 3700. The van der Waals surface area contributed by atoms with Crippen LogP contribution in [0.4, 0.5) is 22.7 Å². The van der Waals surface area contributed by atoms with E-state index in [-0.39, 0.29) is 35.6 Å². The fourth-order valence-corrected chi connectivity index (χ4v) is 17.1. The summed E-state index contributed by atoms with van der Waals surface area (Å²) in [6, 6.07) is 39.1. The van der Waals surface area contributed by atoms with E-state index in [0.29, 0.717) is 5.56 Å². The molecule has 0 fully saturated rings. The highest BCUT2D eigenvalue weighted by molar-refractivity contribution is 6.98. The van der Waals surface area contributed by atoms with Gasteiger partial charge < -0.3 is 34.2 Å². The van der Waals surface area contributed by atoms with Gasteiger partial charge in [-0.3, -0.25) is 9.59 Å². The van der Waals surface area contributed by atoms with Crippen LogP contribution in [-0.4, -0.2) is 83.5 Å². The zero-order chi connectivity index (χ0) is 56.9. The number of esters is 1. The van der Waals surface area contributed by atoms with Crippen LogP contribution in [0.1, 0.15) is 74.9 Å². The van der Waals surface area contributed by atoms with Crippen molar-refractivity contribution < 1.29 is 43.6 Å². The van der Waals surface area contributed by atoms with Crippen molar-refractivity contribution in [3.8, 4) is 11.5 Å². The molecular formula is C66H66N2O9Si2. The van der Waals surface area contributed by atoms with Gasteiger partial charge in [0, 0.05) is 44.0 Å². The summed E-state index contributed by atoms with van der Waals surface area (Å²) in [6.07, 6.45) is 10.8. The maximum Gasteiger partial charge on any atom is 0.338 e. The summed E-state index contributed by atoms with van der Waals surface area (Å²) < 4.78 is 16.2. The number of ether oxygens (including phenoxy) is 3. The van der Waals surface area contributed by atoms with Crippen LogP contribution in [0.15, 0.2) is 179 Å². The maximum absolute atomic E-state index is 12.8. The van der Waals surface area contributed by atoms with E-state index in [1.54, 1.807) is 49.6 Å². The molecule has 0 unspecified atom stereocenters. The molecule has 4 aliphatic rings. The van der Waals surface area contributed by atoms with Crippen molar-refractivity contribution in [3.63, 3.8) is 0 Å².